The predicted octanol–water partition coefficient (Wildman–Crippen LogP) is 3.48. The van der Waals surface area contributed by atoms with Crippen LogP contribution in [0.3, 0.4) is 0 Å². The number of amides is 1. The smallest absolute Gasteiger partial charge is 0.238 e. The minimum atomic E-state index is -0.0993. The molecule has 0 atom stereocenters. The summed E-state index contributed by atoms with van der Waals surface area (Å²) in [5.74, 6) is 1.21. The lowest BCUT2D eigenvalue weighted by atomic mass is 10.3. The van der Waals surface area contributed by atoms with Crippen molar-refractivity contribution < 1.29 is 13.9 Å². The summed E-state index contributed by atoms with van der Waals surface area (Å²) in [5.41, 5.74) is 1.50. The zero-order valence-electron chi connectivity index (χ0n) is 14.1. The molecule has 3 aromatic rings. The standard InChI is InChI=1S/C18H19N3O3S/c1-21(10-14-12-24-18(20-14)16-7-4-8-25-16)11-17(22)19-13-5-3-6-15(9-13)23-2/h3-9,12H,10-11H2,1-2H3,(H,19,22). The highest BCUT2D eigenvalue weighted by molar-refractivity contribution is 7.13. The topological polar surface area (TPSA) is 67.6 Å². The Hall–Kier alpha value is -2.64. The van der Waals surface area contributed by atoms with Crippen LogP contribution in [0.15, 0.2) is 52.5 Å². The Labute approximate surface area is 150 Å². The van der Waals surface area contributed by atoms with Crippen molar-refractivity contribution >= 4 is 22.9 Å². The summed E-state index contributed by atoms with van der Waals surface area (Å²) in [7, 11) is 3.46. The molecular formula is C18H19N3O3S. The zero-order chi connectivity index (χ0) is 17.6. The lowest BCUT2D eigenvalue weighted by molar-refractivity contribution is -0.117. The summed E-state index contributed by atoms with van der Waals surface area (Å²) in [5, 5.41) is 4.84. The van der Waals surface area contributed by atoms with Gasteiger partial charge in [0.25, 0.3) is 0 Å². The van der Waals surface area contributed by atoms with Crippen LogP contribution in [-0.4, -0.2) is 36.5 Å². The largest absolute Gasteiger partial charge is 0.497 e. The van der Waals surface area contributed by atoms with Gasteiger partial charge in [0.05, 0.1) is 24.2 Å². The van der Waals surface area contributed by atoms with Crippen molar-refractivity contribution in [3.8, 4) is 16.5 Å². The van der Waals surface area contributed by atoms with Crippen molar-refractivity contribution in [3.63, 3.8) is 0 Å². The van der Waals surface area contributed by atoms with Gasteiger partial charge in [0, 0.05) is 18.3 Å². The van der Waals surface area contributed by atoms with Crippen LogP contribution in [-0.2, 0) is 11.3 Å². The fraction of sp³-hybridized carbons (Fsp3) is 0.222. The maximum absolute atomic E-state index is 12.2. The van der Waals surface area contributed by atoms with Gasteiger partial charge in [-0.15, -0.1) is 11.3 Å². The summed E-state index contributed by atoms with van der Waals surface area (Å²) >= 11 is 1.58. The number of ether oxygens (including phenoxy) is 1. The van der Waals surface area contributed by atoms with E-state index < -0.39 is 0 Å². The number of benzene rings is 1. The molecule has 6 nitrogen and oxygen atoms in total. The zero-order valence-corrected chi connectivity index (χ0v) is 14.9. The summed E-state index contributed by atoms with van der Waals surface area (Å²) in [6, 6.07) is 11.2. The average Bonchev–Trinajstić information content (AvgIpc) is 3.26. The number of oxazole rings is 1. The minimum absolute atomic E-state index is 0.0993. The lowest BCUT2D eigenvalue weighted by Gasteiger charge is -2.14. The van der Waals surface area contributed by atoms with Crippen LogP contribution in [0.25, 0.3) is 10.8 Å². The van der Waals surface area contributed by atoms with E-state index in [9.17, 15) is 4.79 Å². The van der Waals surface area contributed by atoms with Crippen molar-refractivity contribution in [2.45, 2.75) is 6.54 Å². The highest BCUT2D eigenvalue weighted by Gasteiger charge is 2.12. The Morgan fingerprint density at radius 2 is 2.24 bits per heavy atom. The number of rotatable bonds is 7. The molecule has 0 aliphatic rings. The first-order valence-electron chi connectivity index (χ1n) is 7.75. The minimum Gasteiger partial charge on any atom is -0.497 e. The van der Waals surface area contributed by atoms with E-state index in [0.29, 0.717) is 23.9 Å². The molecule has 1 aromatic carbocycles. The molecule has 0 unspecified atom stereocenters. The molecule has 130 valence electrons. The van der Waals surface area contributed by atoms with Crippen LogP contribution < -0.4 is 10.1 Å². The number of thiophene rings is 1. The second-order valence-electron chi connectivity index (χ2n) is 5.57. The van der Waals surface area contributed by atoms with E-state index >= 15 is 0 Å². The molecule has 0 saturated carbocycles. The Morgan fingerprint density at radius 3 is 3.00 bits per heavy atom. The fourth-order valence-electron chi connectivity index (χ4n) is 2.37. The number of aromatic nitrogens is 1. The first-order chi connectivity index (χ1) is 12.1. The van der Waals surface area contributed by atoms with Crippen molar-refractivity contribution in [3.05, 3.63) is 53.7 Å². The molecule has 7 heteroatoms. The van der Waals surface area contributed by atoms with Crippen molar-refractivity contribution in [1.29, 1.82) is 0 Å². The Kier molecular flexibility index (Phi) is 5.47. The molecule has 0 fully saturated rings. The predicted molar refractivity (Wildman–Crippen MR) is 97.8 cm³/mol. The number of nitrogens with zero attached hydrogens (tertiary/aromatic N) is 2. The van der Waals surface area contributed by atoms with Crippen LogP contribution in [0.1, 0.15) is 5.69 Å². The lowest BCUT2D eigenvalue weighted by Crippen LogP contribution is -2.29. The number of hydrogen-bond donors (Lipinski definition) is 1. The van der Waals surface area contributed by atoms with Crippen molar-refractivity contribution in [2.75, 3.05) is 26.0 Å². The third-order valence-corrected chi connectivity index (χ3v) is 4.34. The van der Waals surface area contributed by atoms with Crippen LogP contribution in [0.5, 0.6) is 5.75 Å². The summed E-state index contributed by atoms with van der Waals surface area (Å²) in [6.45, 7) is 0.777. The average molecular weight is 357 g/mol. The highest BCUT2D eigenvalue weighted by atomic mass is 32.1. The Bertz CT molecular complexity index is 830. The van der Waals surface area contributed by atoms with Gasteiger partial charge in [-0.25, -0.2) is 4.98 Å². The molecule has 3 rings (SSSR count). The second-order valence-corrected chi connectivity index (χ2v) is 6.52. The van der Waals surface area contributed by atoms with Crippen LogP contribution in [0.4, 0.5) is 5.69 Å². The third kappa shape index (κ3) is 4.68. The molecule has 0 aliphatic heterocycles. The molecular weight excluding hydrogens is 338 g/mol. The number of likely N-dealkylation sites (N-methyl/N-ethyl adjacent to an activating group) is 1. The fourth-order valence-corrected chi connectivity index (χ4v) is 3.03. The van der Waals surface area contributed by atoms with E-state index in [4.69, 9.17) is 9.15 Å². The number of anilines is 1. The first-order valence-corrected chi connectivity index (χ1v) is 8.63. The molecule has 2 heterocycles. The van der Waals surface area contributed by atoms with Gasteiger partial charge in [0.1, 0.15) is 12.0 Å². The van der Waals surface area contributed by atoms with E-state index in [0.717, 1.165) is 10.6 Å². The molecule has 0 bridgehead atoms. The second kappa shape index (κ2) is 7.96. The van der Waals surface area contributed by atoms with E-state index in [2.05, 4.69) is 10.3 Å². The van der Waals surface area contributed by atoms with Crippen molar-refractivity contribution in [1.82, 2.24) is 9.88 Å². The number of methoxy groups -OCH3 is 1. The third-order valence-electron chi connectivity index (χ3n) is 3.48. The van der Waals surface area contributed by atoms with Gasteiger partial charge in [-0.05, 0) is 30.6 Å². The van der Waals surface area contributed by atoms with Gasteiger partial charge in [-0.2, -0.15) is 0 Å². The van der Waals surface area contributed by atoms with E-state index in [1.54, 1.807) is 30.8 Å². The number of nitrogens with one attached hydrogen (secondary N) is 1. The SMILES string of the molecule is COc1cccc(NC(=O)CN(C)Cc2coc(-c3cccs3)n2)c1. The summed E-state index contributed by atoms with van der Waals surface area (Å²) in [6.07, 6.45) is 1.63. The molecule has 1 amide bonds. The monoisotopic (exact) mass is 357 g/mol. The van der Waals surface area contributed by atoms with Crippen LogP contribution >= 0.6 is 11.3 Å². The normalized spacial score (nSPS) is 10.8. The van der Waals surface area contributed by atoms with Gasteiger partial charge in [0.2, 0.25) is 11.8 Å². The Balaban J connectivity index is 1.53. The molecule has 2 aromatic heterocycles. The van der Waals surface area contributed by atoms with Gasteiger partial charge < -0.3 is 14.5 Å². The Morgan fingerprint density at radius 1 is 1.36 bits per heavy atom. The van der Waals surface area contributed by atoms with Gasteiger partial charge in [-0.1, -0.05) is 12.1 Å². The van der Waals surface area contributed by atoms with Gasteiger partial charge >= 0.3 is 0 Å². The number of carbonyl (C=O) groups excluding carboxylic acids is 1. The van der Waals surface area contributed by atoms with Crippen molar-refractivity contribution in [2.24, 2.45) is 0 Å². The summed E-state index contributed by atoms with van der Waals surface area (Å²) < 4.78 is 10.6. The number of hydrogen-bond acceptors (Lipinski definition) is 6. The summed E-state index contributed by atoms with van der Waals surface area (Å²) in [4.78, 5) is 19.5. The molecule has 0 aliphatic carbocycles. The van der Waals surface area contributed by atoms with Crippen LogP contribution in [0, 0.1) is 0 Å². The molecule has 25 heavy (non-hydrogen) atoms. The maximum Gasteiger partial charge on any atom is 0.238 e. The van der Waals surface area contributed by atoms with Gasteiger partial charge in [-0.3, -0.25) is 9.69 Å². The number of carbonyl (C=O) groups is 1. The molecule has 0 radical (unpaired) electrons. The van der Waals surface area contributed by atoms with Gasteiger partial charge in [0.15, 0.2) is 0 Å². The quantitative estimate of drug-likeness (QED) is 0.701. The first kappa shape index (κ1) is 17.2. The molecule has 1 N–H and O–H groups in total. The molecule has 0 spiro atoms. The van der Waals surface area contributed by atoms with E-state index in [1.165, 1.54) is 0 Å². The van der Waals surface area contributed by atoms with E-state index in [1.807, 2.05) is 47.7 Å². The maximum atomic E-state index is 12.2. The molecule has 0 saturated heterocycles. The van der Waals surface area contributed by atoms with E-state index in [-0.39, 0.29) is 12.5 Å². The highest BCUT2D eigenvalue weighted by Crippen LogP contribution is 2.24. The van der Waals surface area contributed by atoms with Crippen LogP contribution in [0.2, 0.25) is 0 Å².